The van der Waals surface area contributed by atoms with E-state index in [0.717, 1.165) is 0 Å². The van der Waals surface area contributed by atoms with Gasteiger partial charge in [0.15, 0.2) is 5.75 Å². The van der Waals surface area contributed by atoms with Gasteiger partial charge in [0, 0.05) is 6.07 Å². The number of nitro groups is 1. The third-order valence-corrected chi connectivity index (χ3v) is 2.77. The van der Waals surface area contributed by atoms with E-state index in [4.69, 9.17) is 10.5 Å². The second kappa shape index (κ2) is 4.89. The molecule has 0 atom stereocenters. The molecule has 0 radical (unpaired) electrons. The number of methoxy groups -OCH3 is 1. The van der Waals surface area contributed by atoms with Gasteiger partial charge in [-0.3, -0.25) is 10.1 Å². The molecule has 2 rings (SSSR count). The normalized spacial score (nSPS) is 11.4. The van der Waals surface area contributed by atoms with Crippen LogP contribution < -0.4 is 10.5 Å². The first kappa shape index (κ1) is 13.9. The number of nitrogens with two attached hydrogens (primary N) is 1. The van der Waals surface area contributed by atoms with Crippen molar-refractivity contribution in [1.82, 2.24) is 15.0 Å². The Morgan fingerprint density at radius 2 is 2.15 bits per heavy atom. The van der Waals surface area contributed by atoms with Crippen LogP contribution in [0.3, 0.4) is 0 Å². The van der Waals surface area contributed by atoms with E-state index >= 15 is 0 Å². The summed E-state index contributed by atoms with van der Waals surface area (Å²) in [6, 6.07) is 4.27. The quantitative estimate of drug-likeness (QED) is 0.667. The third-order valence-electron chi connectivity index (χ3n) is 2.77. The Kier molecular flexibility index (Phi) is 3.41. The molecule has 1 aromatic heterocycles. The Balaban J connectivity index is 2.47. The predicted octanol–water partition coefficient (Wildman–Crippen LogP) is 1.38. The molecule has 0 saturated heterocycles. The van der Waals surface area contributed by atoms with E-state index in [1.54, 1.807) is 12.3 Å². The van der Waals surface area contributed by atoms with E-state index in [1.807, 2.05) is 13.8 Å². The van der Waals surface area contributed by atoms with Crippen LogP contribution in [-0.4, -0.2) is 27.0 Å². The van der Waals surface area contributed by atoms with Crippen LogP contribution in [-0.2, 0) is 5.54 Å². The van der Waals surface area contributed by atoms with Crippen LogP contribution in [0.4, 0.5) is 5.69 Å². The Morgan fingerprint density at radius 1 is 1.45 bits per heavy atom. The molecule has 0 fully saturated rings. The van der Waals surface area contributed by atoms with Gasteiger partial charge in [-0.15, -0.1) is 5.10 Å². The second-order valence-electron chi connectivity index (χ2n) is 4.88. The molecule has 0 saturated carbocycles. The fraction of sp³-hybridized carbons (Fsp3) is 0.333. The average Bonchev–Trinajstić information content (AvgIpc) is 2.87. The van der Waals surface area contributed by atoms with E-state index < -0.39 is 10.5 Å². The summed E-state index contributed by atoms with van der Waals surface area (Å²) in [5.41, 5.74) is 6.44. The van der Waals surface area contributed by atoms with Gasteiger partial charge in [0.25, 0.3) is 5.69 Å². The molecular weight excluding hydrogens is 262 g/mol. The zero-order valence-electron chi connectivity index (χ0n) is 11.4. The molecule has 8 heteroatoms. The van der Waals surface area contributed by atoms with Gasteiger partial charge in [0.1, 0.15) is 11.4 Å². The SMILES string of the molecule is COc1cc([N+](=O)[O-])ccc1-n1cc(C(C)(C)N)nn1. The number of non-ortho nitro benzene ring substituents is 1. The Hall–Kier alpha value is -2.48. The van der Waals surface area contributed by atoms with Gasteiger partial charge < -0.3 is 10.5 Å². The number of ether oxygens (including phenoxy) is 1. The van der Waals surface area contributed by atoms with Crippen molar-refractivity contribution in [1.29, 1.82) is 0 Å². The lowest BCUT2D eigenvalue weighted by molar-refractivity contribution is -0.384. The molecule has 0 amide bonds. The largest absolute Gasteiger partial charge is 0.494 e. The summed E-state index contributed by atoms with van der Waals surface area (Å²) in [5, 5.41) is 18.7. The van der Waals surface area contributed by atoms with Crippen LogP contribution in [0.15, 0.2) is 24.4 Å². The number of aromatic nitrogens is 3. The summed E-state index contributed by atoms with van der Waals surface area (Å²) in [5.74, 6) is 0.338. The lowest BCUT2D eigenvalue weighted by atomic mass is 10.0. The predicted molar refractivity (Wildman–Crippen MR) is 71.8 cm³/mol. The minimum atomic E-state index is -0.619. The van der Waals surface area contributed by atoms with Gasteiger partial charge in [0.05, 0.1) is 29.8 Å². The van der Waals surface area contributed by atoms with E-state index in [-0.39, 0.29) is 5.69 Å². The Bertz CT molecular complexity index is 645. The molecule has 0 aliphatic rings. The zero-order valence-corrected chi connectivity index (χ0v) is 11.4. The molecule has 8 nitrogen and oxygen atoms in total. The van der Waals surface area contributed by atoms with Crippen molar-refractivity contribution < 1.29 is 9.66 Å². The van der Waals surface area contributed by atoms with Gasteiger partial charge in [-0.2, -0.15) is 0 Å². The number of nitro benzene ring substituents is 1. The first-order valence-corrected chi connectivity index (χ1v) is 5.87. The van der Waals surface area contributed by atoms with Crippen LogP contribution >= 0.6 is 0 Å². The van der Waals surface area contributed by atoms with E-state index in [2.05, 4.69) is 10.3 Å². The average molecular weight is 277 g/mol. The Labute approximate surface area is 115 Å². The summed E-state index contributed by atoms with van der Waals surface area (Å²) in [7, 11) is 1.44. The number of benzene rings is 1. The van der Waals surface area contributed by atoms with Crippen molar-refractivity contribution in [3.8, 4) is 11.4 Å². The second-order valence-corrected chi connectivity index (χ2v) is 4.88. The highest BCUT2D eigenvalue weighted by Crippen LogP contribution is 2.27. The summed E-state index contributed by atoms with van der Waals surface area (Å²) in [6.07, 6.45) is 1.67. The monoisotopic (exact) mass is 277 g/mol. The standard InChI is InChI=1S/C12H15N5O3/c1-12(2,13)11-7-16(15-14-11)9-5-4-8(17(18)19)6-10(9)20-3/h4-7H,13H2,1-3H3. The highest BCUT2D eigenvalue weighted by atomic mass is 16.6. The van der Waals surface area contributed by atoms with Crippen LogP contribution in [0, 0.1) is 10.1 Å². The van der Waals surface area contributed by atoms with Crippen molar-refractivity contribution in [2.75, 3.05) is 7.11 Å². The van der Waals surface area contributed by atoms with Gasteiger partial charge in [-0.1, -0.05) is 5.21 Å². The highest BCUT2D eigenvalue weighted by molar-refractivity contribution is 5.52. The topological polar surface area (TPSA) is 109 Å². The van der Waals surface area contributed by atoms with E-state index in [0.29, 0.717) is 17.1 Å². The van der Waals surface area contributed by atoms with Crippen LogP contribution in [0.5, 0.6) is 5.75 Å². The maximum absolute atomic E-state index is 10.8. The molecule has 0 bridgehead atoms. The molecule has 106 valence electrons. The minimum absolute atomic E-state index is 0.0508. The van der Waals surface area contributed by atoms with Gasteiger partial charge in [-0.25, -0.2) is 4.68 Å². The van der Waals surface area contributed by atoms with E-state index in [9.17, 15) is 10.1 Å². The van der Waals surface area contributed by atoms with Gasteiger partial charge in [0.2, 0.25) is 0 Å². The summed E-state index contributed by atoms with van der Waals surface area (Å²) >= 11 is 0. The molecule has 0 aliphatic carbocycles. The molecule has 0 spiro atoms. The molecule has 20 heavy (non-hydrogen) atoms. The fourth-order valence-corrected chi connectivity index (χ4v) is 1.65. The number of rotatable bonds is 4. The molecule has 2 N–H and O–H groups in total. The van der Waals surface area contributed by atoms with Crippen molar-refractivity contribution in [2.45, 2.75) is 19.4 Å². The lowest BCUT2D eigenvalue weighted by Crippen LogP contribution is -2.29. The minimum Gasteiger partial charge on any atom is -0.494 e. The molecule has 1 aromatic carbocycles. The summed E-state index contributed by atoms with van der Waals surface area (Å²) < 4.78 is 6.64. The number of hydrogen-bond donors (Lipinski definition) is 1. The number of nitrogens with zero attached hydrogens (tertiary/aromatic N) is 4. The molecular formula is C12H15N5O3. The first-order valence-electron chi connectivity index (χ1n) is 5.87. The lowest BCUT2D eigenvalue weighted by Gasteiger charge is -2.13. The third kappa shape index (κ3) is 2.59. The summed E-state index contributed by atoms with van der Waals surface area (Å²) in [6.45, 7) is 3.63. The first-order chi connectivity index (χ1) is 9.32. The fourth-order valence-electron chi connectivity index (χ4n) is 1.65. The summed E-state index contributed by atoms with van der Waals surface area (Å²) in [4.78, 5) is 10.3. The molecule has 2 aromatic rings. The van der Waals surface area contributed by atoms with Crippen LogP contribution in [0.2, 0.25) is 0 Å². The number of hydrogen-bond acceptors (Lipinski definition) is 6. The molecule has 1 heterocycles. The Morgan fingerprint density at radius 3 is 2.65 bits per heavy atom. The van der Waals surface area contributed by atoms with Crippen molar-refractivity contribution in [3.05, 3.63) is 40.2 Å². The van der Waals surface area contributed by atoms with E-state index in [1.165, 1.54) is 23.9 Å². The van der Waals surface area contributed by atoms with Gasteiger partial charge >= 0.3 is 0 Å². The van der Waals surface area contributed by atoms with Crippen LogP contribution in [0.25, 0.3) is 5.69 Å². The maximum atomic E-state index is 10.8. The zero-order chi connectivity index (χ0) is 14.9. The van der Waals surface area contributed by atoms with Crippen molar-refractivity contribution in [2.24, 2.45) is 5.73 Å². The highest BCUT2D eigenvalue weighted by Gasteiger charge is 2.20. The maximum Gasteiger partial charge on any atom is 0.273 e. The van der Waals surface area contributed by atoms with Crippen LogP contribution in [0.1, 0.15) is 19.5 Å². The van der Waals surface area contributed by atoms with Crippen molar-refractivity contribution >= 4 is 5.69 Å². The smallest absolute Gasteiger partial charge is 0.273 e. The molecule has 0 aliphatic heterocycles. The van der Waals surface area contributed by atoms with Crippen molar-refractivity contribution in [3.63, 3.8) is 0 Å². The molecule has 0 unspecified atom stereocenters. The van der Waals surface area contributed by atoms with Gasteiger partial charge in [-0.05, 0) is 19.9 Å².